The van der Waals surface area contributed by atoms with Crippen LogP contribution in [-0.4, -0.2) is 68.4 Å². The number of rotatable bonds is 12. The second-order valence-electron chi connectivity index (χ2n) is 8.07. The molecular formula is C24H29F2N3O5S2. The van der Waals surface area contributed by atoms with Gasteiger partial charge in [0.1, 0.15) is 5.75 Å². The van der Waals surface area contributed by atoms with Crippen LogP contribution in [0.15, 0.2) is 52.5 Å². The maximum Gasteiger partial charge on any atom is 0.387 e. The van der Waals surface area contributed by atoms with Gasteiger partial charge < -0.3 is 18.8 Å². The molecule has 2 heterocycles. The Morgan fingerprint density at radius 1 is 1.14 bits per heavy atom. The highest BCUT2D eigenvalue weighted by atomic mass is 32.2. The molecule has 0 aliphatic carbocycles. The third-order valence-corrected chi connectivity index (χ3v) is 8.63. The highest BCUT2D eigenvalue weighted by Gasteiger charge is 2.27. The topological polar surface area (TPSA) is 82.9 Å². The highest BCUT2D eigenvalue weighted by molar-refractivity contribution is 7.98. The number of alkyl halides is 2. The zero-order chi connectivity index (χ0) is 25.5. The predicted octanol–water partition coefficient (Wildman–Crippen LogP) is 4.38. The minimum atomic E-state index is -3.64. The van der Waals surface area contributed by atoms with E-state index < -0.39 is 16.6 Å². The molecule has 1 fully saturated rings. The summed E-state index contributed by atoms with van der Waals surface area (Å²) in [6, 6.07) is 11.5. The number of morpholine rings is 1. The van der Waals surface area contributed by atoms with Crippen molar-refractivity contribution in [2.45, 2.75) is 42.3 Å². The number of benzene rings is 2. The molecule has 36 heavy (non-hydrogen) atoms. The van der Waals surface area contributed by atoms with Crippen LogP contribution < -0.4 is 4.74 Å². The van der Waals surface area contributed by atoms with Gasteiger partial charge in [0.15, 0.2) is 5.16 Å². The van der Waals surface area contributed by atoms with Gasteiger partial charge in [-0.3, -0.25) is 0 Å². The van der Waals surface area contributed by atoms with E-state index >= 15 is 0 Å². The summed E-state index contributed by atoms with van der Waals surface area (Å²) in [5.74, 6) is 0.666. The fraction of sp³-hybridized carbons (Fsp3) is 0.458. The lowest BCUT2D eigenvalue weighted by atomic mass is 10.2. The van der Waals surface area contributed by atoms with Crippen LogP contribution in [0.5, 0.6) is 5.75 Å². The van der Waals surface area contributed by atoms with Gasteiger partial charge in [0, 0.05) is 38.6 Å². The Kier molecular flexibility index (Phi) is 9.18. The van der Waals surface area contributed by atoms with Crippen LogP contribution in [0.1, 0.15) is 18.9 Å². The van der Waals surface area contributed by atoms with Crippen molar-refractivity contribution in [3.8, 4) is 5.75 Å². The number of sulfonamides is 1. The third-order valence-electron chi connectivity index (χ3n) is 5.68. The van der Waals surface area contributed by atoms with Gasteiger partial charge in [-0.2, -0.15) is 13.1 Å². The third kappa shape index (κ3) is 6.54. The van der Waals surface area contributed by atoms with E-state index in [4.69, 9.17) is 14.5 Å². The Morgan fingerprint density at radius 3 is 2.58 bits per heavy atom. The lowest BCUT2D eigenvalue weighted by Crippen LogP contribution is -2.40. The minimum absolute atomic E-state index is 0.107. The van der Waals surface area contributed by atoms with Crippen molar-refractivity contribution in [1.29, 1.82) is 0 Å². The summed E-state index contributed by atoms with van der Waals surface area (Å²) < 4.78 is 69.7. The number of ether oxygens (including phenoxy) is 3. The van der Waals surface area contributed by atoms with Crippen molar-refractivity contribution in [1.82, 2.24) is 13.9 Å². The Labute approximate surface area is 213 Å². The smallest absolute Gasteiger partial charge is 0.387 e. The maximum atomic E-state index is 13.1. The lowest BCUT2D eigenvalue weighted by Gasteiger charge is -2.26. The molecule has 1 aromatic heterocycles. The van der Waals surface area contributed by atoms with E-state index in [-0.39, 0.29) is 10.6 Å². The molecule has 0 atom stereocenters. The van der Waals surface area contributed by atoms with Crippen molar-refractivity contribution in [2.75, 3.05) is 39.5 Å². The molecule has 1 aliphatic heterocycles. The van der Waals surface area contributed by atoms with Crippen LogP contribution in [-0.2, 0) is 31.8 Å². The molecule has 0 radical (unpaired) electrons. The number of nitrogens with zero attached hydrogens (tertiary/aromatic N) is 3. The molecule has 0 bridgehead atoms. The van der Waals surface area contributed by atoms with Gasteiger partial charge in [0.25, 0.3) is 0 Å². The number of hydrogen-bond acceptors (Lipinski definition) is 7. The largest absolute Gasteiger partial charge is 0.435 e. The van der Waals surface area contributed by atoms with Crippen molar-refractivity contribution in [2.24, 2.45) is 0 Å². The van der Waals surface area contributed by atoms with Crippen molar-refractivity contribution in [3.05, 3.63) is 48.0 Å². The van der Waals surface area contributed by atoms with E-state index in [0.717, 1.165) is 22.7 Å². The minimum Gasteiger partial charge on any atom is -0.435 e. The summed E-state index contributed by atoms with van der Waals surface area (Å²) in [5, 5.41) is 0.746. The summed E-state index contributed by atoms with van der Waals surface area (Å²) >= 11 is 1.50. The molecular weight excluding hydrogens is 512 g/mol. The van der Waals surface area contributed by atoms with E-state index in [1.165, 1.54) is 28.2 Å². The standard InChI is InChI=1S/C24H29F2N3O5S2/c1-2-32-13-3-10-29-22-9-8-20(36(30,31)28-11-14-33-15-12-28)16-21(22)27-24(29)35-17-18-4-6-19(7-5-18)34-23(25)26/h4-9,16,23H,2-3,10-15,17H2,1H3. The Bertz CT molecular complexity index is 1250. The molecule has 12 heteroatoms. The predicted molar refractivity (Wildman–Crippen MR) is 133 cm³/mol. The first-order valence-corrected chi connectivity index (χ1v) is 14.1. The molecule has 1 aliphatic rings. The first kappa shape index (κ1) is 26.8. The van der Waals surface area contributed by atoms with E-state index in [9.17, 15) is 17.2 Å². The van der Waals surface area contributed by atoms with Crippen molar-refractivity contribution < 1.29 is 31.4 Å². The van der Waals surface area contributed by atoms with Gasteiger partial charge in [-0.05, 0) is 49.2 Å². The van der Waals surface area contributed by atoms with Gasteiger partial charge >= 0.3 is 6.61 Å². The molecule has 0 saturated carbocycles. The van der Waals surface area contributed by atoms with Crippen LogP contribution in [0.3, 0.4) is 0 Å². The molecule has 0 N–H and O–H groups in total. The molecule has 0 spiro atoms. The summed E-state index contributed by atoms with van der Waals surface area (Å²) in [6.45, 7) is 2.41. The number of hydrogen-bond donors (Lipinski definition) is 0. The number of aryl methyl sites for hydroxylation is 1. The molecule has 8 nitrogen and oxygen atoms in total. The maximum absolute atomic E-state index is 13.1. The molecule has 196 valence electrons. The summed E-state index contributed by atoms with van der Waals surface area (Å²) in [6.07, 6.45) is 0.778. The van der Waals surface area contributed by atoms with Crippen molar-refractivity contribution >= 4 is 32.8 Å². The quantitative estimate of drug-likeness (QED) is 0.249. The van der Waals surface area contributed by atoms with Crippen LogP contribution in [0.4, 0.5) is 8.78 Å². The number of imidazole rings is 1. The Morgan fingerprint density at radius 2 is 1.89 bits per heavy atom. The average Bonchev–Trinajstić information content (AvgIpc) is 3.23. The van der Waals surface area contributed by atoms with Crippen molar-refractivity contribution in [3.63, 3.8) is 0 Å². The number of aromatic nitrogens is 2. The van der Waals surface area contributed by atoms with Gasteiger partial charge in [0.05, 0.1) is 29.1 Å². The zero-order valence-electron chi connectivity index (χ0n) is 19.9. The molecule has 4 rings (SSSR count). The monoisotopic (exact) mass is 541 g/mol. The van der Waals surface area contributed by atoms with E-state index in [1.54, 1.807) is 30.3 Å². The van der Waals surface area contributed by atoms with Gasteiger partial charge in [-0.1, -0.05) is 23.9 Å². The molecule has 2 aromatic carbocycles. The second kappa shape index (κ2) is 12.3. The average molecular weight is 542 g/mol. The Hall–Kier alpha value is -2.25. The zero-order valence-corrected chi connectivity index (χ0v) is 21.6. The van der Waals surface area contributed by atoms with Crippen LogP contribution in [0, 0.1) is 0 Å². The number of thioether (sulfide) groups is 1. The van der Waals surface area contributed by atoms with Gasteiger partial charge in [0.2, 0.25) is 10.0 Å². The number of halogens is 2. The van der Waals surface area contributed by atoms with Gasteiger partial charge in [-0.25, -0.2) is 13.4 Å². The molecule has 0 amide bonds. The fourth-order valence-corrected chi connectivity index (χ4v) is 6.32. The fourth-order valence-electron chi connectivity index (χ4n) is 3.89. The van der Waals surface area contributed by atoms with Crippen LogP contribution in [0.25, 0.3) is 11.0 Å². The summed E-state index contributed by atoms with van der Waals surface area (Å²) in [4.78, 5) is 4.97. The molecule has 3 aromatic rings. The SMILES string of the molecule is CCOCCCn1c(SCc2ccc(OC(F)F)cc2)nc2cc(S(=O)(=O)N3CCOCC3)ccc21. The van der Waals surface area contributed by atoms with E-state index in [0.29, 0.717) is 57.3 Å². The lowest BCUT2D eigenvalue weighted by molar-refractivity contribution is -0.0498. The first-order chi connectivity index (χ1) is 17.4. The summed E-state index contributed by atoms with van der Waals surface area (Å²) in [7, 11) is -3.64. The normalized spacial score (nSPS) is 15.1. The highest BCUT2D eigenvalue weighted by Crippen LogP contribution is 2.30. The van der Waals surface area contributed by atoms with Gasteiger partial charge in [-0.15, -0.1) is 0 Å². The number of fused-ring (bicyclic) bond motifs is 1. The van der Waals surface area contributed by atoms with Crippen LogP contribution >= 0.6 is 11.8 Å². The van der Waals surface area contributed by atoms with E-state index in [2.05, 4.69) is 9.30 Å². The second-order valence-corrected chi connectivity index (χ2v) is 11.0. The summed E-state index contributed by atoms with van der Waals surface area (Å²) in [5.41, 5.74) is 2.37. The molecule has 1 saturated heterocycles. The van der Waals surface area contributed by atoms with Crippen LogP contribution in [0.2, 0.25) is 0 Å². The molecule has 0 unspecified atom stereocenters. The van der Waals surface area contributed by atoms with E-state index in [1.807, 2.05) is 6.92 Å². The Balaban J connectivity index is 1.57. The first-order valence-electron chi connectivity index (χ1n) is 11.7.